The van der Waals surface area contributed by atoms with Gasteiger partial charge in [0, 0.05) is 21.3 Å². The Morgan fingerprint density at radius 2 is 1.76 bits per heavy atom. The molecule has 0 bridgehead atoms. The Morgan fingerprint density at radius 3 is 2.51 bits per heavy atom. The van der Waals surface area contributed by atoms with Crippen LogP contribution in [-0.4, -0.2) is 41.7 Å². The van der Waals surface area contributed by atoms with Crippen molar-refractivity contribution in [3.05, 3.63) is 92.8 Å². The van der Waals surface area contributed by atoms with E-state index in [1.54, 1.807) is 48.5 Å². The standard InChI is InChI=1S/C27H22Cl2N2O5S/c1-17-3-2-4-21(13-17)30-25(32)16-36-23-10-7-20(29)14-18(23)15-24-26(33)31(27(34)37-24)11-12-35-22-8-5-19(28)6-9-22/h2-10,13-15H,11-12,16H2,1H3,(H,30,32)/b24-15-. The van der Waals surface area contributed by atoms with Crippen LogP contribution in [0.1, 0.15) is 11.1 Å². The predicted octanol–water partition coefficient (Wildman–Crippen LogP) is 6.43. The number of hydrogen-bond donors (Lipinski definition) is 1. The van der Waals surface area contributed by atoms with Gasteiger partial charge in [-0.1, -0.05) is 35.3 Å². The maximum absolute atomic E-state index is 12.9. The molecule has 1 saturated heterocycles. The third-order valence-corrected chi connectivity index (χ3v) is 6.58. The summed E-state index contributed by atoms with van der Waals surface area (Å²) in [5, 5.41) is 3.37. The maximum Gasteiger partial charge on any atom is 0.293 e. The molecule has 1 heterocycles. The molecule has 1 aliphatic heterocycles. The number of ether oxygens (including phenoxy) is 2. The Bertz CT molecular complexity index is 1360. The molecule has 10 heteroatoms. The van der Waals surface area contributed by atoms with Crippen molar-refractivity contribution in [2.24, 2.45) is 0 Å². The van der Waals surface area contributed by atoms with Crippen LogP contribution in [0.5, 0.6) is 11.5 Å². The zero-order valence-corrected chi connectivity index (χ0v) is 22.0. The minimum atomic E-state index is -0.446. The summed E-state index contributed by atoms with van der Waals surface area (Å²) in [6, 6.07) is 19.0. The summed E-state index contributed by atoms with van der Waals surface area (Å²) >= 11 is 12.8. The molecule has 4 rings (SSSR count). The summed E-state index contributed by atoms with van der Waals surface area (Å²) in [7, 11) is 0. The zero-order chi connectivity index (χ0) is 26.4. The van der Waals surface area contributed by atoms with Crippen molar-refractivity contribution in [3.63, 3.8) is 0 Å². The van der Waals surface area contributed by atoms with Gasteiger partial charge in [0.25, 0.3) is 17.1 Å². The lowest BCUT2D eigenvalue weighted by atomic mass is 10.2. The number of nitrogens with one attached hydrogen (secondary N) is 1. The molecule has 3 aromatic rings. The van der Waals surface area contributed by atoms with Crippen molar-refractivity contribution in [2.75, 3.05) is 25.1 Å². The van der Waals surface area contributed by atoms with Gasteiger partial charge < -0.3 is 14.8 Å². The van der Waals surface area contributed by atoms with Crippen molar-refractivity contribution < 1.29 is 23.9 Å². The number of rotatable bonds is 9. The molecule has 3 amide bonds. The number of amides is 3. The zero-order valence-electron chi connectivity index (χ0n) is 19.7. The van der Waals surface area contributed by atoms with Gasteiger partial charge in [-0.2, -0.15) is 0 Å². The molecule has 1 fully saturated rings. The number of thioether (sulfide) groups is 1. The second-order valence-corrected chi connectivity index (χ2v) is 9.89. The van der Waals surface area contributed by atoms with E-state index in [2.05, 4.69) is 5.32 Å². The lowest BCUT2D eigenvalue weighted by Crippen LogP contribution is -2.32. The number of benzene rings is 3. The van der Waals surface area contributed by atoms with Crippen molar-refractivity contribution >= 4 is 63.8 Å². The Kier molecular flexibility index (Phi) is 8.76. The first-order valence-corrected chi connectivity index (χ1v) is 12.8. The molecule has 190 valence electrons. The third kappa shape index (κ3) is 7.29. The summed E-state index contributed by atoms with van der Waals surface area (Å²) in [5.74, 6) is 0.145. The van der Waals surface area contributed by atoms with Crippen molar-refractivity contribution in [2.45, 2.75) is 6.92 Å². The average molecular weight is 557 g/mol. The largest absolute Gasteiger partial charge is 0.492 e. The number of hydrogen-bond acceptors (Lipinski definition) is 6. The van der Waals surface area contributed by atoms with E-state index < -0.39 is 11.1 Å². The Morgan fingerprint density at radius 1 is 1.00 bits per heavy atom. The second kappa shape index (κ2) is 12.2. The minimum Gasteiger partial charge on any atom is -0.492 e. The molecule has 0 unspecified atom stereocenters. The van der Waals surface area contributed by atoms with E-state index in [0.717, 1.165) is 22.2 Å². The summed E-state index contributed by atoms with van der Waals surface area (Å²) in [4.78, 5) is 39.1. The Labute approximate surface area is 228 Å². The third-order valence-electron chi connectivity index (χ3n) is 5.19. The van der Waals surface area contributed by atoms with Crippen molar-refractivity contribution in [3.8, 4) is 11.5 Å². The van der Waals surface area contributed by atoms with Gasteiger partial charge >= 0.3 is 0 Å². The van der Waals surface area contributed by atoms with Gasteiger partial charge in [0.1, 0.15) is 18.1 Å². The van der Waals surface area contributed by atoms with Gasteiger partial charge in [0.2, 0.25) is 0 Å². The number of nitrogens with zero attached hydrogens (tertiary/aromatic N) is 1. The van der Waals surface area contributed by atoms with Crippen LogP contribution in [0.25, 0.3) is 6.08 Å². The highest BCUT2D eigenvalue weighted by atomic mass is 35.5. The topological polar surface area (TPSA) is 84.9 Å². The molecular weight excluding hydrogens is 535 g/mol. The fraction of sp³-hybridized carbons (Fsp3) is 0.148. The SMILES string of the molecule is Cc1cccc(NC(=O)COc2ccc(Cl)cc2/C=C2\SC(=O)N(CCOc3ccc(Cl)cc3)C2=O)c1. The number of imide groups is 1. The monoisotopic (exact) mass is 556 g/mol. The highest BCUT2D eigenvalue weighted by Crippen LogP contribution is 2.34. The predicted molar refractivity (Wildman–Crippen MR) is 146 cm³/mol. The molecule has 0 radical (unpaired) electrons. The normalized spacial score (nSPS) is 14.2. The maximum atomic E-state index is 12.9. The van der Waals surface area contributed by atoms with E-state index in [0.29, 0.717) is 32.8 Å². The summed E-state index contributed by atoms with van der Waals surface area (Å²) in [5.41, 5.74) is 2.15. The van der Waals surface area contributed by atoms with Crippen LogP contribution in [0, 0.1) is 6.92 Å². The second-order valence-electron chi connectivity index (χ2n) is 8.02. The van der Waals surface area contributed by atoms with E-state index >= 15 is 0 Å². The van der Waals surface area contributed by atoms with Crippen LogP contribution < -0.4 is 14.8 Å². The fourth-order valence-electron chi connectivity index (χ4n) is 3.45. The van der Waals surface area contributed by atoms with Crippen LogP contribution in [0.2, 0.25) is 10.0 Å². The van der Waals surface area contributed by atoms with Crippen LogP contribution in [-0.2, 0) is 9.59 Å². The van der Waals surface area contributed by atoms with Crippen LogP contribution in [0.15, 0.2) is 71.6 Å². The number of halogens is 2. The summed E-state index contributed by atoms with van der Waals surface area (Å²) < 4.78 is 11.3. The molecule has 0 spiro atoms. The first-order valence-electron chi connectivity index (χ1n) is 11.2. The Hall–Kier alpha value is -3.46. The molecule has 0 aromatic heterocycles. The van der Waals surface area contributed by atoms with E-state index in [1.165, 1.54) is 6.08 Å². The van der Waals surface area contributed by atoms with Crippen LogP contribution >= 0.6 is 35.0 Å². The van der Waals surface area contributed by atoms with Gasteiger partial charge in [-0.25, -0.2) is 0 Å². The molecule has 7 nitrogen and oxygen atoms in total. The molecule has 1 aliphatic rings. The van der Waals surface area contributed by atoms with E-state index in [4.69, 9.17) is 32.7 Å². The molecule has 0 aliphatic carbocycles. The molecule has 0 atom stereocenters. The lowest BCUT2D eigenvalue weighted by Gasteiger charge is -2.13. The quantitative estimate of drug-likeness (QED) is 0.305. The number of carbonyl (C=O) groups excluding carboxylic acids is 3. The number of aryl methyl sites for hydroxylation is 1. The first kappa shape index (κ1) is 26.6. The lowest BCUT2D eigenvalue weighted by molar-refractivity contribution is -0.123. The molecular formula is C27H22Cl2N2O5S. The number of anilines is 1. The molecule has 0 saturated carbocycles. The Balaban J connectivity index is 1.40. The molecule has 1 N–H and O–H groups in total. The van der Waals surface area contributed by atoms with Crippen LogP contribution in [0.4, 0.5) is 10.5 Å². The fourth-order valence-corrected chi connectivity index (χ4v) is 4.61. The van der Waals surface area contributed by atoms with Crippen molar-refractivity contribution in [1.82, 2.24) is 4.90 Å². The van der Waals surface area contributed by atoms with Gasteiger partial charge in [0.15, 0.2) is 6.61 Å². The van der Waals surface area contributed by atoms with Gasteiger partial charge in [0.05, 0.1) is 11.4 Å². The smallest absolute Gasteiger partial charge is 0.293 e. The van der Waals surface area contributed by atoms with Crippen LogP contribution in [0.3, 0.4) is 0 Å². The first-order chi connectivity index (χ1) is 17.8. The summed E-state index contributed by atoms with van der Waals surface area (Å²) in [6.07, 6.45) is 1.53. The highest BCUT2D eigenvalue weighted by Gasteiger charge is 2.35. The van der Waals surface area contributed by atoms with E-state index in [-0.39, 0.29) is 30.6 Å². The molecule has 3 aromatic carbocycles. The molecule has 37 heavy (non-hydrogen) atoms. The van der Waals surface area contributed by atoms with Gasteiger partial charge in [-0.3, -0.25) is 19.3 Å². The van der Waals surface area contributed by atoms with Crippen molar-refractivity contribution in [1.29, 1.82) is 0 Å². The van der Waals surface area contributed by atoms with E-state index in [9.17, 15) is 14.4 Å². The number of carbonyl (C=O) groups is 3. The highest BCUT2D eigenvalue weighted by molar-refractivity contribution is 8.18. The van der Waals surface area contributed by atoms with Gasteiger partial charge in [-0.15, -0.1) is 0 Å². The average Bonchev–Trinajstić information content (AvgIpc) is 3.12. The summed E-state index contributed by atoms with van der Waals surface area (Å²) in [6.45, 7) is 1.90. The van der Waals surface area contributed by atoms with Gasteiger partial charge in [-0.05, 0) is 84.9 Å². The van der Waals surface area contributed by atoms with E-state index in [1.807, 2.05) is 25.1 Å². The minimum absolute atomic E-state index is 0.0860.